The average molecular weight is 411 g/mol. The first-order valence-electron chi connectivity index (χ1n) is 8.95. The van der Waals surface area contributed by atoms with Crippen molar-refractivity contribution in [3.05, 3.63) is 82.6 Å². The Morgan fingerprint density at radius 1 is 0.964 bits per heavy atom. The van der Waals surface area contributed by atoms with Crippen LogP contribution in [-0.4, -0.2) is 11.5 Å². The summed E-state index contributed by atoms with van der Waals surface area (Å²) in [4.78, 5) is 3.55. The third-order valence-electron chi connectivity index (χ3n) is 4.69. The number of halogens is 2. The lowest BCUT2D eigenvalue weighted by atomic mass is 10.0. The van der Waals surface area contributed by atoms with Crippen LogP contribution in [0.1, 0.15) is 5.56 Å². The van der Waals surface area contributed by atoms with Crippen LogP contribution in [0.15, 0.2) is 67.0 Å². The van der Waals surface area contributed by atoms with Gasteiger partial charge in [-0.2, -0.15) is 0 Å². The van der Waals surface area contributed by atoms with E-state index in [1.807, 2.05) is 42.5 Å². The first-order chi connectivity index (χ1) is 13.5. The van der Waals surface area contributed by atoms with Crippen LogP contribution >= 0.6 is 23.2 Å². The maximum Gasteiger partial charge on any atom is 0.0885 e. The Kier molecular flexibility index (Phi) is 5.07. The molecule has 0 saturated carbocycles. The van der Waals surface area contributed by atoms with Gasteiger partial charge in [0.05, 0.1) is 11.3 Å². The van der Waals surface area contributed by atoms with Crippen molar-refractivity contribution in [2.45, 2.75) is 6.42 Å². The van der Waals surface area contributed by atoms with E-state index in [0.29, 0.717) is 17.4 Å². The number of nitrogens with one attached hydrogen (secondary N) is 3. The Hall–Kier alpha value is -2.82. The van der Waals surface area contributed by atoms with Crippen molar-refractivity contribution in [1.29, 1.82) is 0 Å². The molecule has 4 aromatic rings. The fraction of sp³-hybridized carbons (Fsp3) is 0.0909. The summed E-state index contributed by atoms with van der Waals surface area (Å²) in [5.74, 6) is 0.461. The van der Waals surface area contributed by atoms with Crippen LogP contribution < -0.4 is 16.4 Å². The van der Waals surface area contributed by atoms with E-state index in [0.717, 1.165) is 50.2 Å². The highest BCUT2D eigenvalue weighted by Crippen LogP contribution is 2.34. The van der Waals surface area contributed by atoms with Gasteiger partial charge in [0.1, 0.15) is 0 Å². The molecule has 4 rings (SSSR count). The topological polar surface area (TPSA) is 65.9 Å². The van der Waals surface area contributed by atoms with Gasteiger partial charge >= 0.3 is 0 Å². The highest BCUT2D eigenvalue weighted by atomic mass is 35.5. The Morgan fingerprint density at radius 3 is 2.46 bits per heavy atom. The minimum Gasteiger partial charge on any atom is -0.386 e. The fourth-order valence-electron chi connectivity index (χ4n) is 3.41. The maximum atomic E-state index is 6.21. The molecule has 0 bridgehead atoms. The lowest BCUT2D eigenvalue weighted by Gasteiger charge is -2.14. The molecular formula is C22H20Cl2N4. The largest absolute Gasteiger partial charge is 0.386 e. The van der Waals surface area contributed by atoms with Crippen LogP contribution in [0.2, 0.25) is 10.0 Å². The van der Waals surface area contributed by atoms with E-state index >= 15 is 0 Å². The molecule has 0 aliphatic carbocycles. The molecule has 28 heavy (non-hydrogen) atoms. The van der Waals surface area contributed by atoms with Gasteiger partial charge in [-0.3, -0.25) is 0 Å². The zero-order chi connectivity index (χ0) is 19.7. The van der Waals surface area contributed by atoms with E-state index in [-0.39, 0.29) is 0 Å². The monoisotopic (exact) mass is 410 g/mol. The van der Waals surface area contributed by atoms with Crippen molar-refractivity contribution in [2.24, 2.45) is 5.73 Å². The number of aromatic nitrogens is 1. The summed E-state index contributed by atoms with van der Waals surface area (Å²) < 4.78 is 0. The first-order valence-corrected chi connectivity index (χ1v) is 9.70. The van der Waals surface area contributed by atoms with Gasteiger partial charge in [-0.25, -0.2) is 0 Å². The smallest absolute Gasteiger partial charge is 0.0885 e. The molecule has 142 valence electrons. The van der Waals surface area contributed by atoms with Gasteiger partial charge in [-0.15, -0.1) is 0 Å². The van der Waals surface area contributed by atoms with Gasteiger partial charge in [-0.1, -0.05) is 35.8 Å². The van der Waals surface area contributed by atoms with Gasteiger partial charge < -0.3 is 21.4 Å². The van der Waals surface area contributed by atoms with Gasteiger partial charge in [0.25, 0.3) is 0 Å². The van der Waals surface area contributed by atoms with Crippen molar-refractivity contribution < 1.29 is 0 Å². The molecule has 0 radical (unpaired) electrons. The molecule has 0 fully saturated rings. The molecule has 1 aromatic heterocycles. The van der Waals surface area contributed by atoms with Crippen molar-refractivity contribution in [2.75, 3.05) is 11.9 Å². The summed E-state index contributed by atoms with van der Waals surface area (Å²) in [6.07, 6.45) is 0.768. The predicted molar refractivity (Wildman–Crippen MR) is 121 cm³/mol. The van der Waals surface area contributed by atoms with E-state index in [1.54, 1.807) is 0 Å². The minimum atomic E-state index is 0.461. The quantitative estimate of drug-likeness (QED) is 0.318. The zero-order valence-corrected chi connectivity index (χ0v) is 16.7. The van der Waals surface area contributed by atoms with E-state index in [1.165, 1.54) is 0 Å². The Labute approximate surface area is 173 Å². The number of anilines is 2. The molecule has 0 aliphatic rings. The molecule has 0 amide bonds. The number of fused-ring (bicyclic) bond motifs is 3. The van der Waals surface area contributed by atoms with Crippen LogP contribution in [0.4, 0.5) is 11.4 Å². The molecule has 0 saturated heterocycles. The second kappa shape index (κ2) is 7.66. The van der Waals surface area contributed by atoms with Crippen molar-refractivity contribution >= 4 is 56.4 Å². The molecule has 5 N–H and O–H groups in total. The highest BCUT2D eigenvalue weighted by molar-refractivity contribution is 6.32. The molecule has 0 unspecified atom stereocenters. The Bertz CT molecular complexity index is 1160. The summed E-state index contributed by atoms with van der Waals surface area (Å²) in [5.41, 5.74) is 11.0. The van der Waals surface area contributed by atoms with Gasteiger partial charge in [0.2, 0.25) is 0 Å². The number of rotatable bonds is 6. The summed E-state index contributed by atoms with van der Waals surface area (Å²) >= 11 is 12.2. The van der Waals surface area contributed by atoms with Crippen molar-refractivity contribution in [3.63, 3.8) is 0 Å². The first kappa shape index (κ1) is 18.5. The van der Waals surface area contributed by atoms with Gasteiger partial charge in [-0.05, 0) is 55.0 Å². The van der Waals surface area contributed by atoms with Crippen LogP contribution in [0.3, 0.4) is 0 Å². The van der Waals surface area contributed by atoms with Crippen molar-refractivity contribution in [1.82, 2.24) is 10.3 Å². The Morgan fingerprint density at radius 2 is 1.71 bits per heavy atom. The molecule has 6 heteroatoms. The third kappa shape index (κ3) is 3.75. The SMILES string of the molecule is C=C(N)NCCc1c(Nc2ccc(Cl)cc2)ccc2c1[nH]c1ccc(Cl)cc12. The van der Waals surface area contributed by atoms with Crippen LogP contribution in [-0.2, 0) is 6.42 Å². The number of hydrogen-bond donors (Lipinski definition) is 4. The second-order valence-corrected chi connectivity index (χ2v) is 7.54. The van der Waals surface area contributed by atoms with E-state index in [2.05, 4.69) is 34.3 Å². The van der Waals surface area contributed by atoms with Crippen LogP contribution in [0.25, 0.3) is 21.8 Å². The second-order valence-electron chi connectivity index (χ2n) is 6.66. The predicted octanol–water partition coefficient (Wildman–Crippen LogP) is 5.93. The highest BCUT2D eigenvalue weighted by Gasteiger charge is 2.13. The maximum absolute atomic E-state index is 6.21. The molecular weight excluding hydrogens is 391 g/mol. The number of hydrogen-bond acceptors (Lipinski definition) is 3. The van der Waals surface area contributed by atoms with Gasteiger partial charge in [0.15, 0.2) is 0 Å². The van der Waals surface area contributed by atoms with Crippen molar-refractivity contribution in [3.8, 4) is 0 Å². The van der Waals surface area contributed by atoms with Crippen LogP contribution in [0.5, 0.6) is 0 Å². The lowest BCUT2D eigenvalue weighted by Crippen LogP contribution is -2.21. The lowest BCUT2D eigenvalue weighted by molar-refractivity contribution is 0.785. The van der Waals surface area contributed by atoms with E-state index in [9.17, 15) is 0 Å². The molecule has 0 aliphatic heterocycles. The third-order valence-corrected chi connectivity index (χ3v) is 5.18. The fourth-order valence-corrected chi connectivity index (χ4v) is 3.71. The number of benzene rings is 3. The molecule has 0 spiro atoms. The zero-order valence-electron chi connectivity index (χ0n) is 15.2. The number of nitrogens with two attached hydrogens (primary N) is 1. The summed E-state index contributed by atoms with van der Waals surface area (Å²) in [6, 6.07) is 17.8. The summed E-state index contributed by atoms with van der Waals surface area (Å²) in [6.45, 7) is 4.39. The molecule has 1 heterocycles. The minimum absolute atomic E-state index is 0.461. The van der Waals surface area contributed by atoms with Crippen LogP contribution in [0, 0.1) is 0 Å². The number of aromatic amines is 1. The normalized spacial score (nSPS) is 11.1. The molecule has 4 nitrogen and oxygen atoms in total. The molecule has 3 aromatic carbocycles. The summed E-state index contributed by atoms with van der Waals surface area (Å²) in [5, 5.41) is 10.3. The molecule has 0 atom stereocenters. The average Bonchev–Trinajstić information content (AvgIpc) is 3.03. The Balaban J connectivity index is 1.81. The van der Waals surface area contributed by atoms with E-state index in [4.69, 9.17) is 28.9 Å². The van der Waals surface area contributed by atoms with Gasteiger partial charge in [0, 0.05) is 49.8 Å². The number of H-pyrrole nitrogens is 1. The summed E-state index contributed by atoms with van der Waals surface area (Å²) in [7, 11) is 0. The van der Waals surface area contributed by atoms with E-state index < -0.39 is 0 Å². The standard InChI is InChI=1S/C22H20Cl2N4/c1-13(25)26-11-10-18-20(27-16-5-2-14(23)3-6-16)9-7-17-19-12-15(24)4-8-21(19)28-22(17)18/h2-9,12,26-28H,1,10-11,25H2.